The third kappa shape index (κ3) is 3.29. The van der Waals surface area contributed by atoms with E-state index in [0.717, 1.165) is 16.9 Å². The minimum atomic E-state index is -0.412. The standard InChI is InChI=1S/C14H18N2O2S/c1-10-5-2-3-7-12(10)19-9-13(17)16-8-4-6-11(16)14(15)18/h2-3,5,7,11H,4,6,8-9H2,1H3,(H2,15,18)/t11-/m1/s1. The topological polar surface area (TPSA) is 63.4 Å². The maximum atomic E-state index is 12.1. The molecule has 0 aliphatic carbocycles. The van der Waals surface area contributed by atoms with Gasteiger partial charge < -0.3 is 10.6 Å². The van der Waals surface area contributed by atoms with E-state index in [-0.39, 0.29) is 5.91 Å². The smallest absolute Gasteiger partial charge is 0.240 e. The molecule has 1 saturated heterocycles. The first-order chi connectivity index (χ1) is 9.09. The first-order valence-electron chi connectivity index (χ1n) is 6.37. The molecule has 1 aromatic carbocycles. The molecule has 1 aromatic rings. The Labute approximate surface area is 117 Å². The first-order valence-corrected chi connectivity index (χ1v) is 7.35. The van der Waals surface area contributed by atoms with Gasteiger partial charge in [-0.3, -0.25) is 9.59 Å². The molecule has 2 amide bonds. The molecule has 1 atom stereocenters. The number of rotatable bonds is 4. The molecule has 19 heavy (non-hydrogen) atoms. The second kappa shape index (κ2) is 6.10. The summed E-state index contributed by atoms with van der Waals surface area (Å²) in [7, 11) is 0. The van der Waals surface area contributed by atoms with Gasteiger partial charge in [0.1, 0.15) is 6.04 Å². The molecule has 4 nitrogen and oxygen atoms in total. The van der Waals surface area contributed by atoms with Crippen LogP contribution in [0, 0.1) is 6.92 Å². The van der Waals surface area contributed by atoms with Crippen molar-refractivity contribution in [1.82, 2.24) is 4.90 Å². The minimum Gasteiger partial charge on any atom is -0.368 e. The summed E-state index contributed by atoms with van der Waals surface area (Å²) < 4.78 is 0. The van der Waals surface area contributed by atoms with E-state index in [9.17, 15) is 9.59 Å². The van der Waals surface area contributed by atoms with Gasteiger partial charge in [0.2, 0.25) is 11.8 Å². The van der Waals surface area contributed by atoms with E-state index >= 15 is 0 Å². The van der Waals surface area contributed by atoms with Gasteiger partial charge in [0.05, 0.1) is 5.75 Å². The summed E-state index contributed by atoms with van der Waals surface area (Å²) in [6.45, 7) is 2.66. The average molecular weight is 278 g/mol. The van der Waals surface area contributed by atoms with Gasteiger partial charge in [-0.1, -0.05) is 18.2 Å². The molecule has 1 heterocycles. The second-order valence-electron chi connectivity index (χ2n) is 4.70. The zero-order valence-corrected chi connectivity index (χ0v) is 11.8. The highest BCUT2D eigenvalue weighted by atomic mass is 32.2. The highest BCUT2D eigenvalue weighted by molar-refractivity contribution is 8.00. The van der Waals surface area contributed by atoms with Gasteiger partial charge in [-0.15, -0.1) is 11.8 Å². The number of nitrogens with two attached hydrogens (primary N) is 1. The molecule has 0 radical (unpaired) electrons. The van der Waals surface area contributed by atoms with Crippen LogP contribution in [0.25, 0.3) is 0 Å². The van der Waals surface area contributed by atoms with Gasteiger partial charge in [0.25, 0.3) is 0 Å². The molecule has 0 unspecified atom stereocenters. The zero-order valence-electron chi connectivity index (χ0n) is 11.0. The number of carbonyl (C=O) groups excluding carboxylic acids is 2. The van der Waals surface area contributed by atoms with Crippen molar-refractivity contribution in [2.75, 3.05) is 12.3 Å². The number of thioether (sulfide) groups is 1. The molecule has 1 aliphatic heterocycles. The quantitative estimate of drug-likeness (QED) is 0.850. The van der Waals surface area contributed by atoms with Crippen LogP contribution < -0.4 is 5.73 Å². The Morgan fingerprint density at radius 2 is 2.16 bits per heavy atom. The van der Waals surface area contributed by atoms with Crippen molar-refractivity contribution in [2.45, 2.75) is 30.7 Å². The van der Waals surface area contributed by atoms with Crippen LogP contribution in [-0.2, 0) is 9.59 Å². The lowest BCUT2D eigenvalue weighted by Gasteiger charge is -2.22. The lowest BCUT2D eigenvalue weighted by atomic mass is 10.2. The van der Waals surface area contributed by atoms with E-state index in [4.69, 9.17) is 5.73 Å². The van der Waals surface area contributed by atoms with Crippen molar-refractivity contribution in [3.63, 3.8) is 0 Å². The minimum absolute atomic E-state index is 0.00504. The number of likely N-dealkylation sites (tertiary alicyclic amines) is 1. The van der Waals surface area contributed by atoms with Crippen LogP contribution in [0.5, 0.6) is 0 Å². The number of nitrogens with zero attached hydrogens (tertiary/aromatic N) is 1. The number of hydrogen-bond acceptors (Lipinski definition) is 3. The molecule has 2 N–H and O–H groups in total. The predicted octanol–water partition coefficient (Wildman–Crippen LogP) is 1.56. The van der Waals surface area contributed by atoms with Crippen molar-refractivity contribution in [3.8, 4) is 0 Å². The van der Waals surface area contributed by atoms with Crippen molar-refractivity contribution in [3.05, 3.63) is 29.8 Å². The van der Waals surface area contributed by atoms with Gasteiger partial charge in [0, 0.05) is 11.4 Å². The lowest BCUT2D eigenvalue weighted by molar-refractivity contribution is -0.135. The van der Waals surface area contributed by atoms with Crippen LogP contribution in [0.15, 0.2) is 29.2 Å². The zero-order chi connectivity index (χ0) is 13.8. The summed E-state index contributed by atoms with van der Waals surface area (Å²) in [5.74, 6) is -0.0458. The van der Waals surface area contributed by atoms with Crippen LogP contribution in [0.2, 0.25) is 0 Å². The van der Waals surface area contributed by atoms with Crippen molar-refractivity contribution in [2.24, 2.45) is 5.73 Å². The summed E-state index contributed by atoms with van der Waals surface area (Å²) in [5, 5.41) is 0. The van der Waals surface area contributed by atoms with Gasteiger partial charge in [-0.25, -0.2) is 0 Å². The molecule has 1 aliphatic rings. The third-order valence-corrected chi connectivity index (χ3v) is 4.51. The summed E-state index contributed by atoms with van der Waals surface area (Å²) >= 11 is 1.51. The number of hydrogen-bond donors (Lipinski definition) is 1. The summed E-state index contributed by atoms with van der Waals surface area (Å²) in [5.41, 5.74) is 6.48. The fourth-order valence-electron chi connectivity index (χ4n) is 2.30. The van der Waals surface area contributed by atoms with Gasteiger partial charge in [-0.05, 0) is 31.4 Å². The molecule has 0 bridgehead atoms. The Hall–Kier alpha value is -1.49. The molecule has 2 rings (SSSR count). The van der Waals surface area contributed by atoms with E-state index in [1.165, 1.54) is 11.8 Å². The molecule has 102 valence electrons. The monoisotopic (exact) mass is 278 g/mol. The highest BCUT2D eigenvalue weighted by Gasteiger charge is 2.32. The van der Waals surface area contributed by atoms with E-state index in [0.29, 0.717) is 18.7 Å². The largest absolute Gasteiger partial charge is 0.368 e. The van der Waals surface area contributed by atoms with Crippen LogP contribution in [0.4, 0.5) is 0 Å². The summed E-state index contributed by atoms with van der Waals surface area (Å²) in [6, 6.07) is 7.55. The van der Waals surface area contributed by atoms with Gasteiger partial charge in [-0.2, -0.15) is 0 Å². The van der Waals surface area contributed by atoms with Crippen LogP contribution in [0.3, 0.4) is 0 Å². The van der Waals surface area contributed by atoms with Crippen LogP contribution in [0.1, 0.15) is 18.4 Å². The maximum Gasteiger partial charge on any atom is 0.240 e. The Morgan fingerprint density at radius 3 is 2.84 bits per heavy atom. The summed E-state index contributed by atoms with van der Waals surface area (Å²) in [4.78, 5) is 26.1. The van der Waals surface area contributed by atoms with E-state index in [1.54, 1.807) is 4.90 Å². The van der Waals surface area contributed by atoms with E-state index in [1.807, 2.05) is 31.2 Å². The maximum absolute atomic E-state index is 12.1. The van der Waals surface area contributed by atoms with Crippen molar-refractivity contribution < 1.29 is 9.59 Å². The number of amides is 2. The number of aryl methyl sites for hydroxylation is 1. The third-order valence-electron chi connectivity index (χ3n) is 3.35. The number of carbonyl (C=O) groups is 2. The normalized spacial score (nSPS) is 18.6. The van der Waals surface area contributed by atoms with Gasteiger partial charge >= 0.3 is 0 Å². The molecular formula is C14H18N2O2S. The molecule has 0 saturated carbocycles. The van der Waals surface area contributed by atoms with E-state index < -0.39 is 11.9 Å². The van der Waals surface area contributed by atoms with Gasteiger partial charge in [0.15, 0.2) is 0 Å². The van der Waals surface area contributed by atoms with E-state index in [2.05, 4.69) is 0 Å². The Morgan fingerprint density at radius 1 is 1.42 bits per heavy atom. The van der Waals surface area contributed by atoms with Crippen molar-refractivity contribution >= 4 is 23.6 Å². The summed E-state index contributed by atoms with van der Waals surface area (Å²) in [6.07, 6.45) is 1.55. The average Bonchev–Trinajstić information content (AvgIpc) is 2.87. The fourth-order valence-corrected chi connectivity index (χ4v) is 3.22. The Kier molecular flexibility index (Phi) is 4.47. The lowest BCUT2D eigenvalue weighted by Crippen LogP contribution is -2.44. The molecule has 5 heteroatoms. The Bertz CT molecular complexity index is 490. The second-order valence-corrected chi connectivity index (χ2v) is 5.72. The SMILES string of the molecule is Cc1ccccc1SCC(=O)N1CCC[C@@H]1C(N)=O. The van der Waals surface area contributed by atoms with Crippen LogP contribution in [-0.4, -0.2) is 35.1 Å². The highest BCUT2D eigenvalue weighted by Crippen LogP contribution is 2.24. The van der Waals surface area contributed by atoms with Crippen LogP contribution >= 0.6 is 11.8 Å². The predicted molar refractivity (Wildman–Crippen MR) is 75.8 cm³/mol. The number of primary amides is 1. The molecular weight excluding hydrogens is 260 g/mol. The Balaban J connectivity index is 1.95. The molecule has 1 fully saturated rings. The first kappa shape index (κ1) is 13.9. The number of benzene rings is 1. The fraction of sp³-hybridized carbons (Fsp3) is 0.429. The molecule has 0 aromatic heterocycles. The van der Waals surface area contributed by atoms with Crippen molar-refractivity contribution in [1.29, 1.82) is 0 Å². The molecule has 0 spiro atoms.